The summed E-state index contributed by atoms with van der Waals surface area (Å²) in [6.07, 6.45) is 9.11. The molecular formula is C26H36Cl2OSiZr. The number of rotatable bonds is 10. The van der Waals surface area contributed by atoms with Crippen molar-refractivity contribution in [3.05, 3.63) is 64.7 Å². The molecule has 0 bridgehead atoms. The molecule has 0 aromatic heterocycles. The molecular weight excluding hydrogens is 519 g/mol. The molecule has 168 valence electrons. The van der Waals surface area contributed by atoms with Gasteiger partial charge >= 0.3 is 193 Å². The van der Waals surface area contributed by atoms with Crippen LogP contribution in [0.3, 0.4) is 0 Å². The van der Waals surface area contributed by atoms with Gasteiger partial charge in [0.1, 0.15) is 0 Å². The van der Waals surface area contributed by atoms with Crippen LogP contribution in [0.2, 0.25) is 13.1 Å². The summed E-state index contributed by atoms with van der Waals surface area (Å²) in [7, 11) is -0.946. The second-order valence-electron chi connectivity index (χ2n) is 8.83. The van der Waals surface area contributed by atoms with Crippen LogP contribution in [0.5, 0.6) is 0 Å². The Morgan fingerprint density at radius 1 is 0.968 bits per heavy atom. The van der Waals surface area contributed by atoms with Gasteiger partial charge < -0.3 is 24.8 Å². The second-order valence-corrected chi connectivity index (χ2v) is 14.9. The van der Waals surface area contributed by atoms with E-state index >= 15 is 0 Å². The molecule has 2 aromatic carbocycles. The van der Waals surface area contributed by atoms with Gasteiger partial charge in [0.25, 0.3) is 0 Å². The van der Waals surface area contributed by atoms with Gasteiger partial charge in [0, 0.05) is 0 Å². The SMILES string of the molecule is CCCCCCC1=Cc2c(-c3ccc(C(C)C)cc3)cccc2[CH]1[Zr+2][O][SiH](C)C.[Cl-].[Cl-]. The van der Waals surface area contributed by atoms with Crippen molar-refractivity contribution < 1.29 is 51.0 Å². The van der Waals surface area contributed by atoms with Crippen LogP contribution < -0.4 is 24.8 Å². The van der Waals surface area contributed by atoms with E-state index in [2.05, 4.69) is 82.4 Å². The van der Waals surface area contributed by atoms with Crippen molar-refractivity contribution in [2.45, 2.75) is 75.5 Å². The van der Waals surface area contributed by atoms with Crippen molar-refractivity contribution in [3.63, 3.8) is 0 Å². The van der Waals surface area contributed by atoms with Crippen molar-refractivity contribution in [2.75, 3.05) is 0 Å². The van der Waals surface area contributed by atoms with E-state index in [-0.39, 0.29) is 24.8 Å². The zero-order chi connectivity index (χ0) is 20.8. The molecule has 0 fully saturated rings. The molecule has 0 heterocycles. The zero-order valence-electron chi connectivity index (χ0n) is 19.6. The van der Waals surface area contributed by atoms with Gasteiger partial charge in [-0.25, -0.2) is 0 Å². The maximum Gasteiger partial charge on any atom is -1.00 e. The third-order valence-electron chi connectivity index (χ3n) is 5.78. The predicted molar refractivity (Wildman–Crippen MR) is 125 cm³/mol. The third-order valence-corrected chi connectivity index (χ3v) is 13.1. The van der Waals surface area contributed by atoms with Gasteiger partial charge in [-0.3, -0.25) is 0 Å². The Kier molecular flexibility index (Phi) is 13.2. The number of hydrogen-bond donors (Lipinski definition) is 0. The van der Waals surface area contributed by atoms with Crippen LogP contribution in [-0.4, -0.2) is 9.04 Å². The van der Waals surface area contributed by atoms with E-state index in [1.165, 1.54) is 54.4 Å². The predicted octanol–water partition coefficient (Wildman–Crippen LogP) is 1.89. The van der Waals surface area contributed by atoms with Gasteiger partial charge in [0.05, 0.1) is 0 Å². The van der Waals surface area contributed by atoms with E-state index in [9.17, 15) is 0 Å². The average molecular weight is 555 g/mol. The van der Waals surface area contributed by atoms with Crippen LogP contribution in [0.4, 0.5) is 0 Å². The second kappa shape index (κ2) is 14.2. The fraction of sp³-hybridized carbons (Fsp3) is 0.462. The van der Waals surface area contributed by atoms with Crippen LogP contribution >= 0.6 is 0 Å². The Bertz CT molecular complexity index is 834. The van der Waals surface area contributed by atoms with Crippen LogP contribution in [0, 0.1) is 0 Å². The van der Waals surface area contributed by atoms with Crippen molar-refractivity contribution in [2.24, 2.45) is 0 Å². The number of halogens is 2. The zero-order valence-corrected chi connectivity index (χ0v) is 24.7. The summed E-state index contributed by atoms with van der Waals surface area (Å²) >= 11 is -0.895. The van der Waals surface area contributed by atoms with Gasteiger partial charge in [0.15, 0.2) is 0 Å². The first kappa shape index (κ1) is 28.9. The van der Waals surface area contributed by atoms with Gasteiger partial charge in [-0.1, -0.05) is 0 Å². The monoisotopic (exact) mass is 552 g/mol. The van der Waals surface area contributed by atoms with Crippen molar-refractivity contribution in [1.82, 2.24) is 0 Å². The first-order chi connectivity index (χ1) is 14.0. The first-order valence-electron chi connectivity index (χ1n) is 11.4. The summed E-state index contributed by atoms with van der Waals surface area (Å²) < 4.78 is 7.01. The molecule has 0 amide bonds. The molecule has 0 radical (unpaired) electrons. The normalized spacial score (nSPS) is 14.5. The standard InChI is InChI=1S/C24H29.C2H7OSi.2ClH.Zr/c1-4-5-6-7-9-19-16-22-10-8-11-23(24(22)17-19)21-14-12-20(13-15-21)18(2)3;1-4(2)3;;;/h8,10-18H,4-7,9H2,1-3H3;4H,1-2H3;2*1H;/q;-1;;;+3/p-2. The van der Waals surface area contributed by atoms with E-state index in [4.69, 9.17) is 2.50 Å². The van der Waals surface area contributed by atoms with Crippen LogP contribution in [-0.2, 0) is 26.2 Å². The number of fused-ring (bicyclic) bond motifs is 1. The van der Waals surface area contributed by atoms with Gasteiger partial charge in [0.2, 0.25) is 0 Å². The van der Waals surface area contributed by atoms with Crippen molar-refractivity contribution >= 4 is 15.1 Å². The van der Waals surface area contributed by atoms with E-state index in [0.29, 0.717) is 9.54 Å². The van der Waals surface area contributed by atoms with Crippen LogP contribution in [0.25, 0.3) is 17.2 Å². The van der Waals surface area contributed by atoms with Crippen molar-refractivity contribution in [3.8, 4) is 11.1 Å². The van der Waals surface area contributed by atoms with Gasteiger partial charge in [-0.15, -0.1) is 0 Å². The largest absolute Gasteiger partial charge is 1.00 e. The summed E-state index contributed by atoms with van der Waals surface area (Å²) in [6.45, 7) is 11.4. The van der Waals surface area contributed by atoms with E-state index in [0.717, 1.165) is 0 Å². The molecule has 1 aliphatic carbocycles. The molecule has 1 aliphatic rings. The smallest absolute Gasteiger partial charge is 1.00 e. The molecule has 2 aromatic rings. The summed E-state index contributed by atoms with van der Waals surface area (Å²) in [5.74, 6) is 0.578. The molecule has 1 nitrogen and oxygen atoms in total. The van der Waals surface area contributed by atoms with Gasteiger partial charge in [-0.2, -0.15) is 0 Å². The summed E-state index contributed by atoms with van der Waals surface area (Å²) in [5.41, 5.74) is 8.82. The molecule has 0 N–H and O–H groups in total. The Labute approximate surface area is 216 Å². The fourth-order valence-electron chi connectivity index (χ4n) is 4.08. The van der Waals surface area contributed by atoms with Crippen molar-refractivity contribution in [1.29, 1.82) is 0 Å². The van der Waals surface area contributed by atoms with Crippen LogP contribution in [0.1, 0.15) is 79.1 Å². The van der Waals surface area contributed by atoms with Crippen LogP contribution in [0.15, 0.2) is 48.0 Å². The fourth-order valence-corrected chi connectivity index (χ4v) is 9.36. The minimum Gasteiger partial charge on any atom is -1.00 e. The minimum atomic E-state index is -0.946. The van der Waals surface area contributed by atoms with Gasteiger partial charge in [-0.05, 0) is 0 Å². The van der Waals surface area contributed by atoms with E-state index in [1.54, 1.807) is 11.1 Å². The Morgan fingerprint density at radius 3 is 2.29 bits per heavy atom. The summed E-state index contributed by atoms with van der Waals surface area (Å²) in [5, 5.41) is 0. The topological polar surface area (TPSA) is 9.23 Å². The Morgan fingerprint density at radius 2 is 1.68 bits per heavy atom. The molecule has 1 atom stereocenters. The Hall–Kier alpha value is -0.180. The molecule has 0 saturated heterocycles. The molecule has 5 heteroatoms. The first-order valence-corrected chi connectivity index (χ1v) is 16.6. The maximum absolute atomic E-state index is 6.40. The minimum absolute atomic E-state index is 0. The number of hydrogen-bond acceptors (Lipinski definition) is 1. The Balaban J connectivity index is 0.00000240. The molecule has 0 spiro atoms. The molecule has 0 saturated carbocycles. The summed E-state index contributed by atoms with van der Waals surface area (Å²) in [4.78, 5) is 0. The maximum atomic E-state index is 6.40. The third kappa shape index (κ3) is 7.68. The number of unbranched alkanes of at least 4 members (excludes halogenated alkanes) is 3. The quantitative estimate of drug-likeness (QED) is 0.322. The molecule has 3 rings (SSSR count). The number of allylic oxidation sites excluding steroid dienone is 1. The molecule has 31 heavy (non-hydrogen) atoms. The van der Waals surface area contributed by atoms with E-state index < -0.39 is 32.7 Å². The number of benzene rings is 2. The molecule has 0 aliphatic heterocycles. The average Bonchev–Trinajstić information content (AvgIpc) is 3.07. The molecule has 1 unspecified atom stereocenters. The van der Waals surface area contributed by atoms with E-state index in [1.807, 2.05) is 0 Å². The summed E-state index contributed by atoms with van der Waals surface area (Å²) in [6, 6.07) is 16.1.